The van der Waals surface area contributed by atoms with Crippen molar-refractivity contribution < 1.29 is 13.2 Å². The van der Waals surface area contributed by atoms with Gasteiger partial charge in [-0.2, -0.15) is 4.31 Å². The highest BCUT2D eigenvalue weighted by Gasteiger charge is 2.37. The molecule has 156 valence electrons. The summed E-state index contributed by atoms with van der Waals surface area (Å²) in [4.78, 5) is 16.0. The summed E-state index contributed by atoms with van der Waals surface area (Å²) in [6.45, 7) is 4.06. The molecule has 2 saturated heterocycles. The summed E-state index contributed by atoms with van der Waals surface area (Å²) in [5, 5.41) is 3.49. The Morgan fingerprint density at radius 1 is 1.07 bits per heavy atom. The number of thiophene rings is 1. The van der Waals surface area contributed by atoms with E-state index in [-0.39, 0.29) is 24.4 Å². The van der Waals surface area contributed by atoms with Crippen molar-refractivity contribution in [2.75, 3.05) is 31.5 Å². The molecule has 0 bridgehead atoms. The van der Waals surface area contributed by atoms with E-state index in [1.807, 2.05) is 48.2 Å². The summed E-state index contributed by atoms with van der Waals surface area (Å²) in [7, 11) is -3.51. The van der Waals surface area contributed by atoms with Gasteiger partial charge in [-0.3, -0.25) is 4.79 Å². The molecule has 0 aliphatic carbocycles. The van der Waals surface area contributed by atoms with E-state index in [1.54, 1.807) is 6.07 Å². The van der Waals surface area contributed by atoms with E-state index >= 15 is 0 Å². The van der Waals surface area contributed by atoms with E-state index in [9.17, 15) is 13.2 Å². The standard InChI is InChI=1S/C21H27N3O3S2/c1-16-9-10-20(28-16)29(26,27)24-12-5-6-17(14-24)21(25)23-13-11-19(15-23)22-18-7-3-2-4-8-18/h2-4,7-10,17,19,22H,5-6,11-15H2,1H3. The predicted octanol–water partition coefficient (Wildman–Crippen LogP) is 3.17. The summed E-state index contributed by atoms with van der Waals surface area (Å²) in [5.41, 5.74) is 1.06. The van der Waals surface area contributed by atoms with Crippen LogP contribution in [0, 0.1) is 12.8 Å². The Hall–Kier alpha value is -1.90. The van der Waals surface area contributed by atoms with Crippen molar-refractivity contribution in [1.82, 2.24) is 9.21 Å². The summed E-state index contributed by atoms with van der Waals surface area (Å²) < 4.78 is 27.8. The van der Waals surface area contributed by atoms with Crippen LogP contribution in [0.3, 0.4) is 0 Å². The lowest BCUT2D eigenvalue weighted by molar-refractivity contribution is -0.135. The van der Waals surface area contributed by atoms with Crippen molar-refractivity contribution in [2.45, 2.75) is 36.4 Å². The molecule has 1 amide bonds. The van der Waals surface area contributed by atoms with Gasteiger partial charge in [-0.1, -0.05) is 18.2 Å². The number of aryl methyl sites for hydroxylation is 1. The van der Waals surface area contributed by atoms with Crippen molar-refractivity contribution in [3.05, 3.63) is 47.3 Å². The Kier molecular flexibility index (Phi) is 5.94. The second-order valence-corrected chi connectivity index (χ2v) is 11.3. The number of nitrogens with zero attached hydrogens (tertiary/aromatic N) is 2. The lowest BCUT2D eigenvalue weighted by Crippen LogP contribution is -2.46. The molecule has 6 nitrogen and oxygen atoms in total. The minimum atomic E-state index is -3.51. The normalized spacial score (nSPS) is 23.3. The van der Waals surface area contributed by atoms with Crippen LogP contribution in [0.15, 0.2) is 46.7 Å². The van der Waals surface area contributed by atoms with Gasteiger partial charge in [0.25, 0.3) is 10.0 Å². The Balaban J connectivity index is 1.38. The molecule has 29 heavy (non-hydrogen) atoms. The largest absolute Gasteiger partial charge is 0.380 e. The van der Waals surface area contributed by atoms with E-state index in [4.69, 9.17) is 0 Å². The van der Waals surface area contributed by atoms with Crippen LogP contribution < -0.4 is 5.32 Å². The molecule has 3 heterocycles. The maximum atomic E-state index is 13.1. The zero-order chi connectivity index (χ0) is 20.4. The van der Waals surface area contributed by atoms with E-state index in [0.29, 0.717) is 17.3 Å². The molecule has 2 unspecified atom stereocenters. The number of rotatable bonds is 5. The first kappa shape index (κ1) is 20.4. The number of sulfonamides is 1. The number of piperidine rings is 1. The van der Waals surface area contributed by atoms with Gasteiger partial charge in [0.2, 0.25) is 5.91 Å². The van der Waals surface area contributed by atoms with Crippen LogP contribution in [-0.2, 0) is 14.8 Å². The van der Waals surface area contributed by atoms with Gasteiger partial charge in [0.1, 0.15) is 4.21 Å². The monoisotopic (exact) mass is 433 g/mol. The van der Waals surface area contributed by atoms with Crippen molar-refractivity contribution in [3.63, 3.8) is 0 Å². The van der Waals surface area contributed by atoms with Gasteiger partial charge in [0, 0.05) is 42.8 Å². The smallest absolute Gasteiger partial charge is 0.252 e. The number of anilines is 1. The quantitative estimate of drug-likeness (QED) is 0.786. The lowest BCUT2D eigenvalue weighted by atomic mass is 9.98. The van der Waals surface area contributed by atoms with E-state index < -0.39 is 10.0 Å². The van der Waals surface area contributed by atoms with Gasteiger partial charge >= 0.3 is 0 Å². The molecule has 2 aliphatic rings. The molecule has 0 spiro atoms. The second-order valence-electron chi connectivity index (χ2n) is 7.85. The zero-order valence-corrected chi connectivity index (χ0v) is 18.2. The molecule has 8 heteroatoms. The Labute approximate surface area is 176 Å². The van der Waals surface area contributed by atoms with E-state index in [0.717, 1.165) is 36.4 Å². The summed E-state index contributed by atoms with van der Waals surface area (Å²) in [6, 6.07) is 13.8. The third kappa shape index (κ3) is 4.49. The lowest BCUT2D eigenvalue weighted by Gasteiger charge is -2.33. The predicted molar refractivity (Wildman–Crippen MR) is 116 cm³/mol. The fourth-order valence-electron chi connectivity index (χ4n) is 4.15. The van der Waals surface area contributed by atoms with Crippen molar-refractivity contribution in [2.24, 2.45) is 5.92 Å². The molecule has 1 N–H and O–H groups in total. The second kappa shape index (κ2) is 8.45. The highest BCUT2D eigenvalue weighted by Crippen LogP contribution is 2.29. The van der Waals surface area contributed by atoms with Crippen molar-refractivity contribution >= 4 is 33.0 Å². The number of carbonyl (C=O) groups is 1. The first-order valence-electron chi connectivity index (χ1n) is 10.1. The van der Waals surface area contributed by atoms with Crippen LogP contribution in [0.5, 0.6) is 0 Å². The molecule has 1 aromatic carbocycles. The van der Waals surface area contributed by atoms with Crippen LogP contribution >= 0.6 is 11.3 Å². The number of benzene rings is 1. The first-order chi connectivity index (χ1) is 13.9. The molecule has 2 aromatic rings. The Morgan fingerprint density at radius 2 is 1.86 bits per heavy atom. The molecule has 2 fully saturated rings. The number of carbonyl (C=O) groups excluding carboxylic acids is 1. The number of para-hydroxylation sites is 1. The van der Waals surface area contributed by atoms with Crippen LogP contribution in [0.2, 0.25) is 0 Å². The van der Waals surface area contributed by atoms with Crippen molar-refractivity contribution in [3.8, 4) is 0 Å². The molecule has 2 atom stereocenters. The van der Waals surface area contributed by atoms with E-state index in [2.05, 4.69) is 5.32 Å². The molecular formula is C21H27N3O3S2. The minimum Gasteiger partial charge on any atom is -0.380 e. The van der Waals surface area contributed by atoms with Crippen LogP contribution in [-0.4, -0.2) is 55.8 Å². The van der Waals surface area contributed by atoms with Gasteiger partial charge in [0.05, 0.1) is 5.92 Å². The molecule has 0 saturated carbocycles. The summed E-state index contributed by atoms with van der Waals surface area (Å²) in [5.74, 6) is -0.167. The zero-order valence-electron chi connectivity index (χ0n) is 16.6. The minimum absolute atomic E-state index is 0.0876. The molecule has 4 rings (SSSR count). The summed E-state index contributed by atoms with van der Waals surface area (Å²) >= 11 is 1.29. The fraction of sp³-hybridized carbons (Fsp3) is 0.476. The van der Waals surface area contributed by atoms with Gasteiger partial charge in [0.15, 0.2) is 0 Å². The number of hydrogen-bond donors (Lipinski definition) is 1. The number of hydrogen-bond acceptors (Lipinski definition) is 5. The van der Waals surface area contributed by atoms with Crippen molar-refractivity contribution in [1.29, 1.82) is 0 Å². The maximum absolute atomic E-state index is 13.1. The average Bonchev–Trinajstić information content (AvgIpc) is 3.38. The van der Waals surface area contributed by atoms with Gasteiger partial charge < -0.3 is 10.2 Å². The van der Waals surface area contributed by atoms with Crippen LogP contribution in [0.4, 0.5) is 5.69 Å². The van der Waals surface area contributed by atoms with E-state index in [1.165, 1.54) is 15.6 Å². The van der Waals surface area contributed by atoms with Gasteiger partial charge in [-0.15, -0.1) is 11.3 Å². The topological polar surface area (TPSA) is 69.7 Å². The van der Waals surface area contributed by atoms with Crippen LogP contribution in [0.1, 0.15) is 24.1 Å². The highest BCUT2D eigenvalue weighted by atomic mass is 32.2. The van der Waals surface area contributed by atoms with Gasteiger partial charge in [-0.05, 0) is 50.5 Å². The number of nitrogens with one attached hydrogen (secondary N) is 1. The fourth-order valence-corrected chi connectivity index (χ4v) is 7.11. The Morgan fingerprint density at radius 3 is 2.59 bits per heavy atom. The van der Waals surface area contributed by atoms with Crippen LogP contribution in [0.25, 0.3) is 0 Å². The highest BCUT2D eigenvalue weighted by molar-refractivity contribution is 7.91. The number of likely N-dealkylation sites (tertiary alicyclic amines) is 1. The molecule has 0 radical (unpaired) electrons. The SMILES string of the molecule is Cc1ccc(S(=O)(=O)N2CCCC(C(=O)N3CCC(Nc4ccccc4)C3)C2)s1. The Bertz CT molecular complexity index is 959. The molecular weight excluding hydrogens is 406 g/mol. The first-order valence-corrected chi connectivity index (χ1v) is 12.4. The molecule has 2 aliphatic heterocycles. The number of amides is 1. The van der Waals surface area contributed by atoms with Gasteiger partial charge in [-0.25, -0.2) is 8.42 Å². The summed E-state index contributed by atoms with van der Waals surface area (Å²) in [6.07, 6.45) is 2.38. The third-order valence-electron chi connectivity index (χ3n) is 5.69. The molecule has 1 aromatic heterocycles. The third-order valence-corrected chi connectivity index (χ3v) is 9.02. The average molecular weight is 434 g/mol. The maximum Gasteiger partial charge on any atom is 0.252 e.